The molecule has 0 saturated carbocycles. The Morgan fingerprint density at radius 2 is 1.35 bits per heavy atom. The number of anilines is 1. The summed E-state index contributed by atoms with van der Waals surface area (Å²) < 4.78 is 6.03. The minimum Gasteiger partial charge on any atom is -0.456 e. The zero-order valence-electron chi connectivity index (χ0n) is 14.1. The van der Waals surface area contributed by atoms with Gasteiger partial charge >= 0.3 is 0 Å². The summed E-state index contributed by atoms with van der Waals surface area (Å²) in [6.07, 6.45) is 0. The lowest BCUT2D eigenvalue weighted by Crippen LogP contribution is -1.91. The van der Waals surface area contributed by atoms with E-state index >= 15 is 0 Å². The van der Waals surface area contributed by atoms with Gasteiger partial charge in [-0.1, -0.05) is 66.7 Å². The van der Waals surface area contributed by atoms with Crippen LogP contribution in [0.4, 0.5) is 5.69 Å². The van der Waals surface area contributed by atoms with Gasteiger partial charge in [-0.2, -0.15) is 0 Å². The topological polar surface area (TPSA) is 39.2 Å². The van der Waals surface area contributed by atoms with Gasteiger partial charge in [0.15, 0.2) is 0 Å². The number of nitrogen functional groups attached to an aromatic ring is 1. The van der Waals surface area contributed by atoms with E-state index in [0.717, 1.165) is 44.3 Å². The maximum absolute atomic E-state index is 6.37. The average Bonchev–Trinajstić information content (AvgIpc) is 3.08. The van der Waals surface area contributed by atoms with E-state index in [-0.39, 0.29) is 0 Å². The second kappa shape index (κ2) is 5.78. The van der Waals surface area contributed by atoms with Crippen molar-refractivity contribution in [3.8, 4) is 22.3 Å². The maximum atomic E-state index is 6.37. The van der Waals surface area contributed by atoms with Gasteiger partial charge in [0.05, 0.1) is 0 Å². The molecule has 26 heavy (non-hydrogen) atoms. The second-order valence-corrected chi connectivity index (χ2v) is 6.44. The monoisotopic (exact) mass is 335 g/mol. The van der Waals surface area contributed by atoms with Gasteiger partial charge in [0.25, 0.3) is 0 Å². The van der Waals surface area contributed by atoms with Crippen molar-refractivity contribution in [3.63, 3.8) is 0 Å². The number of benzene rings is 4. The Morgan fingerprint density at radius 1 is 0.577 bits per heavy atom. The summed E-state index contributed by atoms with van der Waals surface area (Å²) in [7, 11) is 0. The highest BCUT2D eigenvalue weighted by molar-refractivity contribution is 6.13. The zero-order chi connectivity index (χ0) is 17.5. The quantitative estimate of drug-likeness (QED) is 0.374. The first-order chi connectivity index (χ1) is 12.8. The van der Waals surface area contributed by atoms with Gasteiger partial charge in [0, 0.05) is 22.0 Å². The van der Waals surface area contributed by atoms with E-state index < -0.39 is 0 Å². The van der Waals surface area contributed by atoms with Gasteiger partial charge in [0.2, 0.25) is 0 Å². The Labute approximate surface area is 151 Å². The van der Waals surface area contributed by atoms with Crippen LogP contribution in [0, 0.1) is 0 Å². The molecule has 0 bridgehead atoms. The lowest BCUT2D eigenvalue weighted by atomic mass is 9.94. The highest BCUT2D eigenvalue weighted by atomic mass is 16.3. The maximum Gasteiger partial charge on any atom is 0.136 e. The van der Waals surface area contributed by atoms with E-state index in [9.17, 15) is 0 Å². The molecule has 0 saturated heterocycles. The predicted molar refractivity (Wildman–Crippen MR) is 109 cm³/mol. The lowest BCUT2D eigenvalue weighted by Gasteiger charge is -2.11. The molecule has 0 aliphatic carbocycles. The fraction of sp³-hybridized carbons (Fsp3) is 0. The molecule has 0 amide bonds. The first-order valence-electron chi connectivity index (χ1n) is 8.67. The van der Waals surface area contributed by atoms with Crippen molar-refractivity contribution in [2.45, 2.75) is 0 Å². The van der Waals surface area contributed by atoms with Gasteiger partial charge in [-0.15, -0.1) is 0 Å². The van der Waals surface area contributed by atoms with Crippen LogP contribution in [0.2, 0.25) is 0 Å². The van der Waals surface area contributed by atoms with Gasteiger partial charge in [-0.25, -0.2) is 0 Å². The molecule has 5 rings (SSSR count). The Morgan fingerprint density at radius 3 is 2.23 bits per heavy atom. The summed E-state index contributed by atoms with van der Waals surface area (Å²) in [5.41, 5.74) is 13.4. The van der Waals surface area contributed by atoms with Gasteiger partial charge in [-0.05, 0) is 41.0 Å². The van der Waals surface area contributed by atoms with Crippen LogP contribution in [-0.4, -0.2) is 0 Å². The molecule has 0 radical (unpaired) electrons. The van der Waals surface area contributed by atoms with Crippen LogP contribution in [0.15, 0.2) is 95.4 Å². The molecule has 124 valence electrons. The average molecular weight is 335 g/mol. The van der Waals surface area contributed by atoms with Crippen LogP contribution in [0.25, 0.3) is 44.2 Å². The highest BCUT2D eigenvalue weighted by Crippen LogP contribution is 2.39. The van der Waals surface area contributed by atoms with E-state index in [1.54, 1.807) is 0 Å². The van der Waals surface area contributed by atoms with E-state index in [4.69, 9.17) is 10.2 Å². The molecule has 4 aromatic carbocycles. The fourth-order valence-electron chi connectivity index (χ4n) is 3.60. The lowest BCUT2D eigenvalue weighted by molar-refractivity contribution is 0.669. The van der Waals surface area contributed by atoms with Crippen LogP contribution in [-0.2, 0) is 0 Å². The molecule has 2 nitrogen and oxygen atoms in total. The van der Waals surface area contributed by atoms with Crippen LogP contribution in [0.5, 0.6) is 0 Å². The van der Waals surface area contributed by atoms with E-state index in [2.05, 4.69) is 48.5 Å². The Balaban J connectivity index is 1.81. The number of nitrogens with two attached hydrogens (primary N) is 1. The van der Waals surface area contributed by atoms with Crippen LogP contribution >= 0.6 is 0 Å². The molecule has 1 heterocycles. The first kappa shape index (κ1) is 14.8. The minimum atomic E-state index is 0.766. The molecular weight excluding hydrogens is 318 g/mol. The van der Waals surface area contributed by atoms with Crippen molar-refractivity contribution >= 4 is 27.6 Å². The van der Waals surface area contributed by atoms with E-state index in [1.807, 2.05) is 42.5 Å². The Kier molecular flexibility index (Phi) is 3.29. The van der Waals surface area contributed by atoms with E-state index in [0.29, 0.717) is 0 Å². The Bertz CT molecular complexity index is 1240. The number of furan rings is 1. The van der Waals surface area contributed by atoms with Gasteiger partial charge in [-0.3, -0.25) is 0 Å². The second-order valence-electron chi connectivity index (χ2n) is 6.44. The first-order valence-corrected chi connectivity index (χ1v) is 8.67. The third-order valence-electron chi connectivity index (χ3n) is 4.85. The highest BCUT2D eigenvalue weighted by Gasteiger charge is 2.14. The molecule has 0 aliphatic heterocycles. The number of hydrogen-bond acceptors (Lipinski definition) is 2. The molecule has 2 heteroatoms. The van der Waals surface area contributed by atoms with Crippen molar-refractivity contribution < 1.29 is 4.42 Å². The zero-order valence-corrected chi connectivity index (χ0v) is 14.1. The number of hydrogen-bond donors (Lipinski definition) is 1. The van der Waals surface area contributed by atoms with Crippen LogP contribution in [0.3, 0.4) is 0 Å². The van der Waals surface area contributed by atoms with Crippen molar-refractivity contribution in [2.24, 2.45) is 0 Å². The van der Waals surface area contributed by atoms with Crippen molar-refractivity contribution in [1.82, 2.24) is 0 Å². The number of fused-ring (bicyclic) bond motifs is 3. The molecular formula is C24H17NO. The summed E-state index contributed by atoms with van der Waals surface area (Å²) >= 11 is 0. The SMILES string of the molecule is Nc1ccc(-c2ccccc2)cc1-c1cccc2oc3ccccc3c12. The summed E-state index contributed by atoms with van der Waals surface area (Å²) in [6.45, 7) is 0. The molecule has 2 N–H and O–H groups in total. The molecule has 0 aliphatic rings. The number of para-hydroxylation sites is 1. The Hall–Kier alpha value is -3.52. The largest absolute Gasteiger partial charge is 0.456 e. The minimum absolute atomic E-state index is 0.766. The predicted octanol–water partition coefficient (Wildman–Crippen LogP) is 6.50. The molecule has 0 atom stereocenters. The van der Waals surface area contributed by atoms with Crippen molar-refractivity contribution in [3.05, 3.63) is 91.0 Å². The summed E-state index contributed by atoms with van der Waals surface area (Å²) in [5.74, 6) is 0. The summed E-state index contributed by atoms with van der Waals surface area (Å²) in [6, 6.07) is 30.9. The molecule has 0 spiro atoms. The summed E-state index contributed by atoms with van der Waals surface area (Å²) in [4.78, 5) is 0. The smallest absolute Gasteiger partial charge is 0.136 e. The van der Waals surface area contributed by atoms with Crippen molar-refractivity contribution in [2.75, 3.05) is 5.73 Å². The van der Waals surface area contributed by atoms with E-state index in [1.165, 1.54) is 5.56 Å². The van der Waals surface area contributed by atoms with Crippen molar-refractivity contribution in [1.29, 1.82) is 0 Å². The third-order valence-corrected chi connectivity index (χ3v) is 4.85. The summed E-state index contributed by atoms with van der Waals surface area (Å²) in [5, 5.41) is 2.22. The van der Waals surface area contributed by atoms with Gasteiger partial charge in [0.1, 0.15) is 11.2 Å². The molecule has 5 aromatic rings. The molecule has 1 aromatic heterocycles. The van der Waals surface area contributed by atoms with Gasteiger partial charge < -0.3 is 10.2 Å². The third kappa shape index (κ3) is 2.27. The standard InChI is InChI=1S/C24H17NO/c25-21-14-13-17(16-7-2-1-3-8-16)15-20(21)18-10-6-12-23-24(18)19-9-4-5-11-22(19)26-23/h1-15H,25H2. The molecule has 0 unspecified atom stereocenters. The van der Waals surface area contributed by atoms with Crippen LogP contribution in [0.1, 0.15) is 0 Å². The molecule has 0 fully saturated rings. The normalized spacial score (nSPS) is 11.2. The number of rotatable bonds is 2. The van der Waals surface area contributed by atoms with Crippen LogP contribution < -0.4 is 5.73 Å². The fourth-order valence-corrected chi connectivity index (χ4v) is 3.60.